The first-order valence-corrected chi connectivity index (χ1v) is 18.2. The van der Waals surface area contributed by atoms with Gasteiger partial charge in [0.05, 0.1) is 28.5 Å². The molecule has 0 aliphatic carbocycles. The number of thiazole rings is 1. The minimum Gasteiger partial charge on any atom is -0.463 e. The van der Waals surface area contributed by atoms with Gasteiger partial charge in [-0.1, -0.05) is 96.3 Å². The Morgan fingerprint density at radius 1 is 0.878 bits per heavy atom. The average Bonchev–Trinajstić information content (AvgIpc) is 3.61. The molecule has 7 rings (SSSR count). The fourth-order valence-electron chi connectivity index (χ4n) is 6.45. The fraction of sp³-hybridized carbons (Fsp3) is 0.146. The maximum Gasteiger partial charge on any atom is 0.338 e. The summed E-state index contributed by atoms with van der Waals surface area (Å²) in [5.41, 5.74) is 8.68. The molecule has 0 saturated carbocycles. The third kappa shape index (κ3) is 6.14. The van der Waals surface area contributed by atoms with Gasteiger partial charge in [0.15, 0.2) is 4.80 Å². The molecule has 49 heavy (non-hydrogen) atoms. The van der Waals surface area contributed by atoms with Crippen LogP contribution < -0.4 is 14.9 Å². The second kappa shape index (κ2) is 13.7. The second-order valence-corrected chi connectivity index (χ2v) is 13.7. The van der Waals surface area contributed by atoms with Crippen LogP contribution in [0.25, 0.3) is 28.6 Å². The van der Waals surface area contributed by atoms with Gasteiger partial charge in [-0.15, -0.1) is 11.8 Å². The lowest BCUT2D eigenvalue weighted by molar-refractivity contribution is -0.138. The number of aryl methyl sites for hydroxylation is 1. The van der Waals surface area contributed by atoms with Crippen LogP contribution in [0.4, 0.5) is 0 Å². The molecule has 3 heterocycles. The van der Waals surface area contributed by atoms with Crippen LogP contribution in [0.1, 0.15) is 41.0 Å². The molecule has 6 aromatic rings. The van der Waals surface area contributed by atoms with Crippen molar-refractivity contribution in [1.82, 2.24) is 9.13 Å². The Morgan fingerprint density at radius 3 is 2.14 bits per heavy atom. The molecule has 0 spiro atoms. The Labute approximate surface area is 293 Å². The number of carbonyl (C=O) groups excluding carboxylic acids is 1. The number of hydrogen-bond donors (Lipinski definition) is 0. The molecule has 244 valence electrons. The summed E-state index contributed by atoms with van der Waals surface area (Å²) in [7, 11) is 0. The molecule has 0 radical (unpaired) electrons. The van der Waals surface area contributed by atoms with Gasteiger partial charge in [0.2, 0.25) is 0 Å². The molecular formula is C41H35N3O3S2. The van der Waals surface area contributed by atoms with E-state index in [1.54, 1.807) is 23.3 Å². The van der Waals surface area contributed by atoms with Crippen LogP contribution in [0, 0.1) is 13.8 Å². The van der Waals surface area contributed by atoms with E-state index in [2.05, 4.69) is 60.9 Å². The number of fused-ring (bicyclic) bond motifs is 1. The van der Waals surface area contributed by atoms with Gasteiger partial charge in [-0.25, -0.2) is 9.79 Å². The Kier molecular flexibility index (Phi) is 9.08. The lowest BCUT2D eigenvalue weighted by Gasteiger charge is -2.26. The highest BCUT2D eigenvalue weighted by Crippen LogP contribution is 2.36. The molecule has 6 nitrogen and oxygen atoms in total. The lowest BCUT2D eigenvalue weighted by atomic mass is 9.93. The zero-order valence-electron chi connectivity index (χ0n) is 27.7. The molecule has 2 aromatic heterocycles. The molecule has 8 heteroatoms. The Morgan fingerprint density at radius 2 is 1.51 bits per heavy atom. The number of benzene rings is 4. The first-order valence-electron chi connectivity index (χ1n) is 16.1. The lowest BCUT2D eigenvalue weighted by Crippen LogP contribution is -2.40. The van der Waals surface area contributed by atoms with Gasteiger partial charge in [-0.3, -0.25) is 9.36 Å². The van der Waals surface area contributed by atoms with Crippen LogP contribution in [-0.2, 0) is 9.53 Å². The molecule has 4 aromatic carbocycles. The fourth-order valence-corrected chi connectivity index (χ4v) is 7.85. The summed E-state index contributed by atoms with van der Waals surface area (Å²) in [6.45, 7) is 6.14. The van der Waals surface area contributed by atoms with Crippen LogP contribution in [0.15, 0.2) is 136 Å². The molecule has 1 atom stereocenters. The summed E-state index contributed by atoms with van der Waals surface area (Å²) in [6, 6.07) is 37.9. The monoisotopic (exact) mass is 681 g/mol. The van der Waals surface area contributed by atoms with Crippen molar-refractivity contribution in [1.29, 1.82) is 0 Å². The minimum absolute atomic E-state index is 0.200. The molecule has 1 aliphatic rings. The van der Waals surface area contributed by atoms with Crippen molar-refractivity contribution in [2.75, 3.05) is 12.9 Å². The highest BCUT2D eigenvalue weighted by molar-refractivity contribution is 7.98. The zero-order chi connectivity index (χ0) is 34.1. The number of esters is 1. The maximum absolute atomic E-state index is 14.4. The molecule has 0 unspecified atom stereocenters. The normalized spacial score (nSPS) is 14.4. The summed E-state index contributed by atoms with van der Waals surface area (Å²) in [5, 5.41) is 0. The molecular weight excluding hydrogens is 647 g/mol. The largest absolute Gasteiger partial charge is 0.463 e. The number of nitrogens with zero attached hydrogens (tertiary/aromatic N) is 3. The van der Waals surface area contributed by atoms with E-state index in [1.807, 2.05) is 85.1 Å². The van der Waals surface area contributed by atoms with Gasteiger partial charge in [-0.05, 0) is 85.7 Å². The van der Waals surface area contributed by atoms with E-state index in [4.69, 9.17) is 9.73 Å². The summed E-state index contributed by atoms with van der Waals surface area (Å²) in [6.07, 6.45) is 3.97. The van der Waals surface area contributed by atoms with Gasteiger partial charge in [-0.2, -0.15) is 0 Å². The van der Waals surface area contributed by atoms with Crippen molar-refractivity contribution in [2.24, 2.45) is 4.99 Å². The number of hydrogen-bond acceptors (Lipinski definition) is 6. The van der Waals surface area contributed by atoms with Crippen molar-refractivity contribution in [3.8, 4) is 16.8 Å². The van der Waals surface area contributed by atoms with Crippen LogP contribution in [-0.4, -0.2) is 28.0 Å². The van der Waals surface area contributed by atoms with E-state index in [0.29, 0.717) is 20.6 Å². The number of ether oxygens (including phenoxy) is 1. The maximum atomic E-state index is 14.4. The Hall–Kier alpha value is -5.18. The Bertz CT molecular complexity index is 2370. The van der Waals surface area contributed by atoms with E-state index in [0.717, 1.165) is 44.2 Å². The van der Waals surface area contributed by atoms with Crippen LogP contribution >= 0.6 is 23.1 Å². The van der Waals surface area contributed by atoms with Crippen molar-refractivity contribution >= 4 is 40.8 Å². The SMILES string of the molecule is CCOC(=O)C1=C(c2ccccc2)N=c2s/c(=C\c3cc(C)n(-c4ccc(-c5ccccc5)cc4)c3C)c(=O)n2[C@H]1c1ccc(SC)cc1. The molecule has 0 fully saturated rings. The van der Waals surface area contributed by atoms with E-state index >= 15 is 0 Å². The quantitative estimate of drug-likeness (QED) is 0.122. The topological polar surface area (TPSA) is 65.6 Å². The summed E-state index contributed by atoms with van der Waals surface area (Å²) in [4.78, 5) is 34.8. The highest BCUT2D eigenvalue weighted by atomic mass is 32.2. The molecule has 0 N–H and O–H groups in total. The van der Waals surface area contributed by atoms with E-state index in [1.165, 1.54) is 16.9 Å². The van der Waals surface area contributed by atoms with Crippen LogP contribution in [0.3, 0.4) is 0 Å². The summed E-state index contributed by atoms with van der Waals surface area (Å²) in [5.74, 6) is -0.486. The number of thioether (sulfide) groups is 1. The van der Waals surface area contributed by atoms with Crippen molar-refractivity contribution in [3.63, 3.8) is 0 Å². The predicted octanol–water partition coefficient (Wildman–Crippen LogP) is 7.73. The van der Waals surface area contributed by atoms with Crippen LogP contribution in [0.5, 0.6) is 0 Å². The highest BCUT2D eigenvalue weighted by Gasteiger charge is 2.35. The minimum atomic E-state index is -0.709. The number of aromatic nitrogens is 2. The van der Waals surface area contributed by atoms with E-state index < -0.39 is 12.0 Å². The average molecular weight is 682 g/mol. The number of rotatable bonds is 8. The first-order chi connectivity index (χ1) is 23.9. The zero-order valence-corrected chi connectivity index (χ0v) is 29.3. The van der Waals surface area contributed by atoms with Gasteiger partial charge in [0, 0.05) is 27.5 Å². The molecule has 0 bridgehead atoms. The second-order valence-electron chi connectivity index (χ2n) is 11.8. The van der Waals surface area contributed by atoms with Gasteiger partial charge in [0.25, 0.3) is 5.56 Å². The van der Waals surface area contributed by atoms with Gasteiger partial charge in [0.1, 0.15) is 0 Å². The molecule has 0 amide bonds. The van der Waals surface area contributed by atoms with Crippen LogP contribution in [0.2, 0.25) is 0 Å². The van der Waals surface area contributed by atoms with Gasteiger partial charge < -0.3 is 9.30 Å². The Balaban J connectivity index is 1.38. The molecule has 0 saturated heterocycles. The summed E-state index contributed by atoms with van der Waals surface area (Å²) < 4.78 is 10.0. The predicted molar refractivity (Wildman–Crippen MR) is 200 cm³/mol. The van der Waals surface area contributed by atoms with Crippen molar-refractivity contribution in [3.05, 3.63) is 169 Å². The standard InChI is InChI=1S/C41H35N3O3S2/c1-5-47-40(46)36-37(30-14-10-7-11-15-30)42-41-44(38(36)31-18-22-34(48-4)23-19-31)39(45)35(49-41)25-32-24-26(2)43(27(32)3)33-20-16-29(17-21-33)28-12-8-6-9-13-28/h6-25,38H,5H2,1-4H3/b35-25-/t38-/m0/s1. The van der Waals surface area contributed by atoms with Gasteiger partial charge >= 0.3 is 5.97 Å². The van der Waals surface area contributed by atoms with E-state index in [-0.39, 0.29) is 12.2 Å². The third-order valence-corrected chi connectivity index (χ3v) is 10.5. The first kappa shape index (κ1) is 32.4. The molecule has 1 aliphatic heterocycles. The third-order valence-electron chi connectivity index (χ3n) is 8.79. The van der Waals surface area contributed by atoms with Crippen molar-refractivity contribution in [2.45, 2.75) is 31.7 Å². The van der Waals surface area contributed by atoms with E-state index in [9.17, 15) is 9.59 Å². The summed E-state index contributed by atoms with van der Waals surface area (Å²) >= 11 is 2.97. The number of carbonyl (C=O) groups is 1. The smallest absolute Gasteiger partial charge is 0.338 e. The van der Waals surface area contributed by atoms with Crippen molar-refractivity contribution < 1.29 is 9.53 Å².